The monoisotopic (exact) mass is 239 g/mol. The van der Waals surface area contributed by atoms with Crippen LogP contribution in [0.1, 0.15) is 26.3 Å². The summed E-state index contributed by atoms with van der Waals surface area (Å²) in [5.41, 5.74) is 0.952. The number of hydrogen-bond donors (Lipinski definition) is 0. The van der Waals surface area contributed by atoms with Gasteiger partial charge in [-0.1, -0.05) is 6.07 Å². The Hall–Kier alpha value is -0.710. The Labute approximate surface area is 99.7 Å². The van der Waals surface area contributed by atoms with Crippen molar-refractivity contribution in [1.29, 1.82) is 0 Å². The van der Waals surface area contributed by atoms with Crippen molar-refractivity contribution >= 4 is 11.4 Å². The summed E-state index contributed by atoms with van der Waals surface area (Å²) in [6.07, 6.45) is 0. The summed E-state index contributed by atoms with van der Waals surface area (Å²) in [6.45, 7) is 6.91. The fourth-order valence-electron chi connectivity index (χ4n) is 1.86. The van der Waals surface area contributed by atoms with Gasteiger partial charge in [-0.25, -0.2) is 0 Å². The van der Waals surface area contributed by atoms with Crippen LogP contribution in [0.15, 0.2) is 23.1 Å². The van der Waals surface area contributed by atoms with E-state index in [1.54, 1.807) is 7.11 Å². The quantitative estimate of drug-likeness (QED) is 0.706. The van der Waals surface area contributed by atoms with Crippen LogP contribution in [0.2, 0.25) is 0 Å². The maximum absolute atomic E-state index is 12.3. The topological polar surface area (TPSA) is 35.5 Å². The van der Waals surface area contributed by atoms with Crippen LogP contribution >= 0.6 is 0 Å². The molecule has 0 saturated carbocycles. The number of fused-ring (bicyclic) bond motifs is 1. The van der Waals surface area contributed by atoms with Gasteiger partial charge in [-0.05, 0) is 32.9 Å². The van der Waals surface area contributed by atoms with Gasteiger partial charge in [-0.15, -0.1) is 4.31 Å². The van der Waals surface area contributed by atoms with E-state index < -0.39 is 11.4 Å². The Kier molecular flexibility index (Phi) is 2.90. The van der Waals surface area contributed by atoms with Crippen LogP contribution in [0, 0.1) is 0 Å². The van der Waals surface area contributed by atoms with E-state index in [0.717, 1.165) is 16.2 Å². The molecular weight excluding hydrogens is 222 g/mol. The lowest BCUT2D eigenvalue weighted by molar-refractivity contribution is 0.250. The Bertz CT molecular complexity index is 400. The smallest absolute Gasteiger partial charge is 0.182 e. The third-order valence-electron chi connectivity index (χ3n) is 2.75. The minimum atomic E-state index is -1.06. The van der Waals surface area contributed by atoms with Gasteiger partial charge in [0, 0.05) is 0 Å². The third-order valence-corrected chi connectivity index (χ3v) is 4.58. The summed E-state index contributed by atoms with van der Waals surface area (Å²) in [7, 11) is 1.65. The highest BCUT2D eigenvalue weighted by Crippen LogP contribution is 2.39. The van der Waals surface area contributed by atoms with Crippen molar-refractivity contribution in [3.63, 3.8) is 0 Å². The fourth-order valence-corrected chi connectivity index (χ4v) is 3.42. The maximum Gasteiger partial charge on any atom is 0.182 e. The molecule has 0 N–H and O–H groups in total. The normalized spacial score (nSPS) is 20.9. The van der Waals surface area contributed by atoms with Crippen LogP contribution in [-0.2, 0) is 17.9 Å². The predicted molar refractivity (Wildman–Crippen MR) is 64.7 cm³/mol. The van der Waals surface area contributed by atoms with E-state index in [1.165, 1.54) is 0 Å². The van der Waals surface area contributed by atoms with Crippen molar-refractivity contribution in [3.8, 4) is 5.75 Å². The van der Waals surface area contributed by atoms with Crippen molar-refractivity contribution in [1.82, 2.24) is 4.31 Å². The third kappa shape index (κ3) is 1.81. The van der Waals surface area contributed by atoms with E-state index in [0.29, 0.717) is 6.54 Å². The van der Waals surface area contributed by atoms with Crippen LogP contribution in [0.5, 0.6) is 5.75 Å². The van der Waals surface area contributed by atoms with E-state index in [2.05, 4.69) is 20.8 Å². The molecule has 1 unspecified atom stereocenters. The van der Waals surface area contributed by atoms with Gasteiger partial charge in [0.25, 0.3) is 0 Å². The number of nitrogens with zero attached hydrogens (tertiary/aromatic N) is 1. The number of hydrogen-bond acceptors (Lipinski definition) is 3. The number of benzene rings is 1. The molecule has 0 aliphatic carbocycles. The van der Waals surface area contributed by atoms with Gasteiger partial charge in [-0.2, -0.15) is 0 Å². The molecule has 1 aromatic rings. The summed E-state index contributed by atoms with van der Waals surface area (Å²) in [6, 6.07) is 5.73. The summed E-state index contributed by atoms with van der Waals surface area (Å²) in [5, 5.41) is 0. The fraction of sp³-hybridized carbons (Fsp3) is 0.500. The van der Waals surface area contributed by atoms with Crippen molar-refractivity contribution < 1.29 is 9.29 Å². The summed E-state index contributed by atoms with van der Waals surface area (Å²) < 4.78 is 19.6. The molecule has 0 aromatic heterocycles. The Morgan fingerprint density at radius 3 is 2.62 bits per heavy atom. The first-order chi connectivity index (χ1) is 7.45. The first-order valence-corrected chi connectivity index (χ1v) is 6.41. The van der Waals surface area contributed by atoms with Gasteiger partial charge < -0.3 is 9.29 Å². The van der Waals surface area contributed by atoms with Gasteiger partial charge in [0.05, 0.1) is 36.1 Å². The van der Waals surface area contributed by atoms with E-state index in [-0.39, 0.29) is 5.54 Å². The zero-order chi connectivity index (χ0) is 11.9. The largest absolute Gasteiger partial charge is 0.593 e. The highest BCUT2D eigenvalue weighted by atomic mass is 32.2. The van der Waals surface area contributed by atoms with E-state index in [1.807, 2.05) is 22.5 Å². The van der Waals surface area contributed by atoms with Crippen molar-refractivity contribution in [2.24, 2.45) is 0 Å². The minimum Gasteiger partial charge on any atom is -0.593 e. The first kappa shape index (κ1) is 11.8. The molecule has 88 valence electrons. The molecule has 1 atom stereocenters. The molecule has 0 spiro atoms. The van der Waals surface area contributed by atoms with Gasteiger partial charge in [-0.3, -0.25) is 0 Å². The zero-order valence-electron chi connectivity index (χ0n) is 10.1. The van der Waals surface area contributed by atoms with Crippen molar-refractivity contribution in [2.75, 3.05) is 7.11 Å². The first-order valence-electron chi connectivity index (χ1n) is 5.30. The van der Waals surface area contributed by atoms with E-state index in [4.69, 9.17) is 4.74 Å². The number of rotatable bonds is 1. The Morgan fingerprint density at radius 2 is 2.06 bits per heavy atom. The minimum absolute atomic E-state index is 0.102. The average molecular weight is 239 g/mol. The van der Waals surface area contributed by atoms with Gasteiger partial charge in [0.15, 0.2) is 4.90 Å². The highest BCUT2D eigenvalue weighted by Gasteiger charge is 2.42. The lowest BCUT2D eigenvalue weighted by atomic mass is 10.1. The predicted octanol–water partition coefficient (Wildman–Crippen LogP) is 2.33. The lowest BCUT2D eigenvalue weighted by Crippen LogP contribution is -2.41. The summed E-state index contributed by atoms with van der Waals surface area (Å²) >= 11 is -1.06. The molecule has 1 heterocycles. The Balaban J connectivity index is 2.41. The van der Waals surface area contributed by atoms with Gasteiger partial charge >= 0.3 is 0 Å². The molecule has 0 fully saturated rings. The molecule has 1 aliphatic heterocycles. The van der Waals surface area contributed by atoms with Gasteiger partial charge in [0.1, 0.15) is 5.75 Å². The zero-order valence-corrected chi connectivity index (χ0v) is 10.9. The maximum atomic E-state index is 12.3. The molecule has 0 amide bonds. The number of ether oxygens (including phenoxy) is 1. The van der Waals surface area contributed by atoms with Crippen LogP contribution in [-0.4, -0.2) is 21.5 Å². The highest BCUT2D eigenvalue weighted by molar-refractivity contribution is 7.89. The molecule has 3 nitrogen and oxygen atoms in total. The molecule has 1 aromatic carbocycles. The van der Waals surface area contributed by atoms with Crippen molar-refractivity contribution in [2.45, 2.75) is 37.8 Å². The van der Waals surface area contributed by atoms with Crippen LogP contribution in [0.3, 0.4) is 0 Å². The second kappa shape index (κ2) is 3.95. The lowest BCUT2D eigenvalue weighted by Gasteiger charge is -2.29. The molecule has 0 radical (unpaired) electrons. The summed E-state index contributed by atoms with van der Waals surface area (Å²) in [5.74, 6) is 0.831. The average Bonchev–Trinajstić information content (AvgIpc) is 2.56. The molecule has 4 heteroatoms. The molecular formula is C12H17NO2S. The second-order valence-corrected chi connectivity index (χ2v) is 6.27. The molecule has 1 aliphatic rings. The van der Waals surface area contributed by atoms with Crippen LogP contribution < -0.4 is 4.74 Å². The molecule has 0 saturated heterocycles. The number of methoxy groups -OCH3 is 1. The Morgan fingerprint density at radius 1 is 1.38 bits per heavy atom. The summed E-state index contributed by atoms with van der Waals surface area (Å²) in [4.78, 5) is 0.884. The van der Waals surface area contributed by atoms with E-state index in [9.17, 15) is 4.55 Å². The van der Waals surface area contributed by atoms with Gasteiger partial charge in [0.2, 0.25) is 0 Å². The van der Waals surface area contributed by atoms with Crippen LogP contribution in [0.4, 0.5) is 0 Å². The van der Waals surface area contributed by atoms with Crippen molar-refractivity contribution in [3.05, 3.63) is 23.8 Å². The standard InChI is InChI=1S/C12H17NO2S/c1-12(2,3)13-8-9-10(15-4)6-5-7-11(9)16(13)14/h5-7H,8H2,1-4H3. The molecule has 0 bridgehead atoms. The van der Waals surface area contributed by atoms with Crippen LogP contribution in [0.25, 0.3) is 0 Å². The SMILES string of the molecule is COc1cccc2c1CN(C(C)(C)C)[S+]2[O-]. The van der Waals surface area contributed by atoms with E-state index >= 15 is 0 Å². The second-order valence-electron chi connectivity index (χ2n) is 4.89. The molecule has 2 rings (SSSR count). The molecule has 16 heavy (non-hydrogen) atoms.